The van der Waals surface area contributed by atoms with Crippen molar-refractivity contribution in [1.29, 1.82) is 0 Å². The van der Waals surface area contributed by atoms with Crippen LogP contribution in [0.3, 0.4) is 0 Å². The number of hydrogen-bond acceptors (Lipinski definition) is 3. The van der Waals surface area contributed by atoms with Crippen molar-refractivity contribution in [3.05, 3.63) is 49.6 Å². The quantitative estimate of drug-likeness (QED) is 0.623. The average molecular weight is 221 g/mol. The number of nitrogens with zero attached hydrogens (tertiary/aromatic N) is 2. The maximum atomic E-state index is 9.82. The zero-order valence-corrected chi connectivity index (χ0v) is 9.05. The summed E-state index contributed by atoms with van der Waals surface area (Å²) >= 11 is 0. The van der Waals surface area contributed by atoms with Gasteiger partial charge in [0.1, 0.15) is 0 Å². The Bertz CT molecular complexity index is 293. The van der Waals surface area contributed by atoms with Gasteiger partial charge in [0.25, 0.3) is 0 Å². The smallest absolute Gasteiger partial charge is 0.243 e. The Morgan fingerprint density at radius 3 is 1.62 bits per heavy atom. The highest BCUT2D eigenvalue weighted by Gasteiger charge is 1.86. The number of aromatic amines is 2. The number of imidazole rings is 2. The molecule has 0 radical (unpaired) electrons. The molecule has 0 unspecified atom stereocenters. The predicted octanol–water partition coefficient (Wildman–Crippen LogP) is 0.867. The van der Waals surface area contributed by atoms with Crippen LogP contribution in [0, 0.1) is 0 Å². The van der Waals surface area contributed by atoms with E-state index >= 15 is 0 Å². The fourth-order valence-corrected chi connectivity index (χ4v) is 0.430. The Labute approximate surface area is 93.6 Å². The highest BCUT2D eigenvalue weighted by Crippen LogP contribution is 1.78. The number of amides is 1. The van der Waals surface area contributed by atoms with E-state index < -0.39 is 5.91 Å². The van der Waals surface area contributed by atoms with Crippen molar-refractivity contribution in [2.45, 2.75) is 6.92 Å². The van der Waals surface area contributed by atoms with E-state index in [0.717, 1.165) is 0 Å². The monoisotopic (exact) mass is 221 g/mol. The van der Waals surface area contributed by atoms with E-state index in [-0.39, 0.29) is 0 Å². The molecule has 4 N–H and O–H groups in total. The molecule has 0 aromatic carbocycles. The van der Waals surface area contributed by atoms with E-state index in [1.165, 1.54) is 0 Å². The van der Waals surface area contributed by atoms with Crippen LogP contribution in [0.25, 0.3) is 0 Å². The van der Waals surface area contributed by atoms with Gasteiger partial charge in [0.15, 0.2) is 0 Å². The molecule has 2 rings (SSSR count). The Morgan fingerprint density at radius 1 is 1.19 bits per heavy atom. The molecule has 86 valence electrons. The second-order valence-electron chi connectivity index (χ2n) is 2.67. The van der Waals surface area contributed by atoms with Gasteiger partial charge in [-0.1, -0.05) is 6.58 Å². The molecule has 0 fully saturated rings. The number of carbonyl (C=O) groups excluding carboxylic acids is 1. The van der Waals surface area contributed by atoms with Crippen LogP contribution in [0.1, 0.15) is 6.92 Å². The number of nitrogens with two attached hydrogens (primary N) is 1. The van der Waals surface area contributed by atoms with Crippen LogP contribution in [-0.2, 0) is 4.79 Å². The molecule has 2 aromatic heterocycles. The largest absolute Gasteiger partial charge is 0.366 e. The Balaban J connectivity index is 0.000000211. The van der Waals surface area contributed by atoms with E-state index in [0.29, 0.717) is 5.57 Å². The lowest BCUT2D eigenvalue weighted by Gasteiger charge is -1.81. The molecule has 0 aliphatic heterocycles. The molecule has 0 saturated heterocycles. The molecule has 2 aromatic rings. The predicted molar refractivity (Wildman–Crippen MR) is 61.2 cm³/mol. The summed E-state index contributed by atoms with van der Waals surface area (Å²) in [6.45, 7) is 4.85. The van der Waals surface area contributed by atoms with E-state index in [1.807, 2.05) is 0 Å². The number of aromatic nitrogens is 4. The maximum Gasteiger partial charge on any atom is 0.243 e. The minimum absolute atomic E-state index is 0.398. The van der Waals surface area contributed by atoms with Gasteiger partial charge in [-0.25, -0.2) is 9.97 Å². The van der Waals surface area contributed by atoms with E-state index in [9.17, 15) is 4.79 Å². The van der Waals surface area contributed by atoms with Crippen molar-refractivity contribution in [2.75, 3.05) is 0 Å². The molecule has 0 aliphatic rings. The van der Waals surface area contributed by atoms with Crippen LogP contribution in [0.4, 0.5) is 0 Å². The Morgan fingerprint density at radius 2 is 1.56 bits per heavy atom. The fraction of sp³-hybridized carbons (Fsp3) is 0.100. The summed E-state index contributed by atoms with van der Waals surface area (Å²) in [4.78, 5) is 22.7. The summed E-state index contributed by atoms with van der Waals surface area (Å²) < 4.78 is 0. The first kappa shape index (κ1) is 13.6. The summed E-state index contributed by atoms with van der Waals surface area (Å²) in [6, 6.07) is 0. The van der Waals surface area contributed by atoms with Crippen molar-refractivity contribution in [3.63, 3.8) is 0 Å². The summed E-state index contributed by atoms with van der Waals surface area (Å²) in [5.74, 6) is -0.435. The Kier molecular flexibility index (Phi) is 7.83. The number of hydrogen-bond donors (Lipinski definition) is 3. The number of carbonyl (C=O) groups is 1. The maximum absolute atomic E-state index is 9.82. The summed E-state index contributed by atoms with van der Waals surface area (Å²) in [6.07, 6.45) is 10.2. The van der Waals surface area contributed by atoms with Crippen LogP contribution in [0.15, 0.2) is 49.6 Å². The zero-order chi connectivity index (χ0) is 12.2. The first-order valence-corrected chi connectivity index (χ1v) is 4.45. The number of primary amides is 1. The first-order valence-electron chi connectivity index (χ1n) is 4.45. The minimum atomic E-state index is -0.435. The third kappa shape index (κ3) is 9.72. The molecule has 2 heterocycles. The van der Waals surface area contributed by atoms with Gasteiger partial charge in [0, 0.05) is 30.4 Å². The molecular formula is C10H15N5O. The van der Waals surface area contributed by atoms with Gasteiger partial charge >= 0.3 is 0 Å². The lowest BCUT2D eigenvalue weighted by molar-refractivity contribution is -0.114. The third-order valence-electron chi connectivity index (χ3n) is 1.23. The van der Waals surface area contributed by atoms with Crippen molar-refractivity contribution >= 4 is 5.91 Å². The summed E-state index contributed by atoms with van der Waals surface area (Å²) in [7, 11) is 0. The number of nitrogens with one attached hydrogen (secondary N) is 2. The van der Waals surface area contributed by atoms with E-state index in [1.54, 1.807) is 44.4 Å². The Hall–Kier alpha value is -2.37. The van der Waals surface area contributed by atoms with Crippen LogP contribution >= 0.6 is 0 Å². The lowest BCUT2D eigenvalue weighted by atomic mass is 10.3. The molecular weight excluding hydrogens is 206 g/mol. The lowest BCUT2D eigenvalue weighted by Crippen LogP contribution is -2.10. The fourth-order valence-electron chi connectivity index (χ4n) is 0.430. The number of rotatable bonds is 1. The van der Waals surface area contributed by atoms with Gasteiger partial charge in [-0.3, -0.25) is 4.79 Å². The van der Waals surface area contributed by atoms with E-state index in [4.69, 9.17) is 5.73 Å². The molecule has 0 bridgehead atoms. The van der Waals surface area contributed by atoms with Crippen molar-refractivity contribution in [2.24, 2.45) is 5.73 Å². The second-order valence-corrected chi connectivity index (χ2v) is 2.67. The molecule has 16 heavy (non-hydrogen) atoms. The van der Waals surface area contributed by atoms with Crippen LogP contribution in [-0.4, -0.2) is 25.8 Å². The van der Waals surface area contributed by atoms with Crippen molar-refractivity contribution in [3.8, 4) is 0 Å². The van der Waals surface area contributed by atoms with E-state index in [2.05, 4.69) is 26.5 Å². The normalized spacial score (nSPS) is 7.81. The molecule has 6 heteroatoms. The second kappa shape index (κ2) is 9.20. The summed E-state index contributed by atoms with van der Waals surface area (Å²) in [5.41, 5.74) is 5.09. The van der Waals surface area contributed by atoms with Crippen LogP contribution in [0.2, 0.25) is 0 Å². The van der Waals surface area contributed by atoms with Gasteiger partial charge in [0.2, 0.25) is 5.91 Å². The SMILES string of the molecule is C=C(C)C(N)=O.c1c[nH]cn1.c1c[nH]cn1. The van der Waals surface area contributed by atoms with Crippen LogP contribution in [0.5, 0.6) is 0 Å². The van der Waals surface area contributed by atoms with Crippen molar-refractivity contribution < 1.29 is 4.79 Å². The molecule has 6 nitrogen and oxygen atoms in total. The molecule has 1 amide bonds. The topological polar surface area (TPSA) is 100 Å². The molecule has 0 spiro atoms. The third-order valence-corrected chi connectivity index (χ3v) is 1.23. The highest BCUT2D eigenvalue weighted by atomic mass is 16.1. The standard InChI is InChI=1S/C4H7NO.2C3H4N2/c1-3(2)4(5)6;2*1-2-5-3-4-1/h1H2,2H3,(H2,5,6);2*1-3H,(H,4,5). The number of H-pyrrole nitrogens is 2. The van der Waals surface area contributed by atoms with Gasteiger partial charge < -0.3 is 15.7 Å². The first-order chi connectivity index (χ1) is 7.64. The molecule has 0 atom stereocenters. The van der Waals surface area contributed by atoms with Gasteiger partial charge in [-0.05, 0) is 6.92 Å². The summed E-state index contributed by atoms with van der Waals surface area (Å²) in [5, 5.41) is 0. The zero-order valence-electron chi connectivity index (χ0n) is 9.05. The average Bonchev–Trinajstić information content (AvgIpc) is 2.97. The van der Waals surface area contributed by atoms with Crippen molar-refractivity contribution in [1.82, 2.24) is 19.9 Å². The molecule has 0 saturated carbocycles. The minimum Gasteiger partial charge on any atom is -0.366 e. The van der Waals surface area contributed by atoms with Gasteiger partial charge in [-0.15, -0.1) is 0 Å². The van der Waals surface area contributed by atoms with Crippen LogP contribution < -0.4 is 5.73 Å². The van der Waals surface area contributed by atoms with Gasteiger partial charge in [0.05, 0.1) is 12.7 Å². The van der Waals surface area contributed by atoms with Gasteiger partial charge in [-0.2, -0.15) is 0 Å². The highest BCUT2D eigenvalue weighted by molar-refractivity contribution is 5.90. The molecule has 0 aliphatic carbocycles.